The van der Waals surface area contributed by atoms with Gasteiger partial charge in [-0.1, -0.05) is 22.7 Å². The molecule has 0 aliphatic carbocycles. The summed E-state index contributed by atoms with van der Waals surface area (Å²) in [5.74, 6) is -1.17. The Kier molecular flexibility index (Phi) is 6.34. The van der Waals surface area contributed by atoms with E-state index in [0.29, 0.717) is 29.4 Å². The highest BCUT2D eigenvalue weighted by Gasteiger charge is 2.37. The Labute approximate surface area is 179 Å². The number of nitrogens with zero attached hydrogens (tertiary/aromatic N) is 2. The van der Waals surface area contributed by atoms with Crippen LogP contribution in [0.2, 0.25) is 0 Å². The van der Waals surface area contributed by atoms with Crippen LogP contribution in [0.15, 0.2) is 48.5 Å². The normalized spacial score (nSPS) is 11.7. The summed E-state index contributed by atoms with van der Waals surface area (Å²) in [7, 11) is 0. The zero-order valence-corrected chi connectivity index (χ0v) is 16.3. The van der Waals surface area contributed by atoms with Crippen molar-refractivity contribution in [1.82, 2.24) is 9.59 Å². The first kappa shape index (κ1) is 23.0. The molecule has 3 aromatic rings. The fourth-order valence-corrected chi connectivity index (χ4v) is 2.99. The van der Waals surface area contributed by atoms with Gasteiger partial charge in [-0.2, -0.15) is 26.3 Å². The van der Waals surface area contributed by atoms with Crippen molar-refractivity contribution in [2.75, 3.05) is 16.0 Å². The molecule has 168 valence electrons. The minimum Gasteiger partial charge on any atom is -0.320 e. The van der Waals surface area contributed by atoms with E-state index in [0.717, 1.165) is 0 Å². The standard InChI is InChI=1S/C18H11F6N5O2S/c19-17(20,21)9-6-10(18(22,23)24)8-12(7-9)25-14(30)13-15(32-29-28-13)27-16(31)26-11-4-2-1-3-5-11/h1-8H,(H,25,30)(H2,26,27,31). The number of carbonyl (C=O) groups is 2. The van der Waals surface area contributed by atoms with Gasteiger partial charge in [0.1, 0.15) is 0 Å². The van der Waals surface area contributed by atoms with Gasteiger partial charge in [-0.25, -0.2) is 4.79 Å². The number of anilines is 3. The minimum atomic E-state index is -5.08. The molecule has 1 aromatic heterocycles. The van der Waals surface area contributed by atoms with Gasteiger partial charge in [0.05, 0.1) is 11.1 Å². The SMILES string of the molecule is O=C(Nc1ccccc1)Nc1snnc1C(=O)Nc1cc(C(F)(F)F)cc(C(F)(F)F)c1. The molecule has 0 aliphatic rings. The monoisotopic (exact) mass is 475 g/mol. The summed E-state index contributed by atoms with van der Waals surface area (Å²) in [5.41, 5.74) is -4.02. The molecule has 2 aromatic carbocycles. The number of rotatable bonds is 4. The van der Waals surface area contributed by atoms with Crippen molar-refractivity contribution in [2.45, 2.75) is 12.4 Å². The average Bonchev–Trinajstić information content (AvgIpc) is 3.15. The van der Waals surface area contributed by atoms with Crippen LogP contribution in [-0.4, -0.2) is 21.5 Å². The van der Waals surface area contributed by atoms with Gasteiger partial charge in [-0.05, 0) is 30.3 Å². The number of aromatic nitrogens is 2. The van der Waals surface area contributed by atoms with Gasteiger partial charge in [-0.3, -0.25) is 10.1 Å². The number of benzene rings is 2. The second-order valence-corrected chi connectivity index (χ2v) is 6.90. The Morgan fingerprint density at radius 3 is 1.94 bits per heavy atom. The first-order chi connectivity index (χ1) is 14.9. The highest BCUT2D eigenvalue weighted by Crippen LogP contribution is 2.37. The molecule has 0 radical (unpaired) electrons. The quantitative estimate of drug-likeness (QED) is 0.436. The van der Waals surface area contributed by atoms with E-state index in [1.54, 1.807) is 30.3 Å². The lowest BCUT2D eigenvalue weighted by atomic mass is 10.1. The van der Waals surface area contributed by atoms with E-state index in [1.165, 1.54) is 0 Å². The lowest BCUT2D eigenvalue weighted by Gasteiger charge is -2.14. The van der Waals surface area contributed by atoms with Crippen LogP contribution in [0.4, 0.5) is 47.5 Å². The molecule has 7 nitrogen and oxygen atoms in total. The summed E-state index contributed by atoms with van der Waals surface area (Å²) >= 11 is 0.588. The number of alkyl halides is 6. The van der Waals surface area contributed by atoms with Gasteiger partial charge in [0.15, 0.2) is 10.7 Å². The molecule has 0 bridgehead atoms. The molecule has 32 heavy (non-hydrogen) atoms. The van der Waals surface area contributed by atoms with Crippen LogP contribution in [-0.2, 0) is 12.4 Å². The maximum atomic E-state index is 13.0. The Balaban J connectivity index is 1.80. The predicted octanol–water partition coefficient (Wildman–Crippen LogP) is 5.47. The molecule has 1 heterocycles. The molecule has 0 atom stereocenters. The summed E-state index contributed by atoms with van der Waals surface area (Å²) in [6.45, 7) is 0. The third-order valence-electron chi connectivity index (χ3n) is 3.81. The van der Waals surface area contributed by atoms with E-state index in [-0.39, 0.29) is 11.1 Å². The summed E-state index contributed by atoms with van der Waals surface area (Å²) in [5, 5.41) is 10.0. The number of urea groups is 1. The lowest BCUT2D eigenvalue weighted by molar-refractivity contribution is -0.143. The Bertz CT molecular complexity index is 1100. The largest absolute Gasteiger partial charge is 0.416 e. The maximum absolute atomic E-state index is 13.0. The maximum Gasteiger partial charge on any atom is 0.416 e. The number of carbonyl (C=O) groups excluding carboxylic acids is 2. The van der Waals surface area contributed by atoms with Gasteiger partial charge in [0.2, 0.25) is 0 Å². The van der Waals surface area contributed by atoms with E-state index >= 15 is 0 Å². The minimum absolute atomic E-state index is 0.0685. The number of halogens is 6. The fourth-order valence-electron chi connectivity index (χ4n) is 2.43. The molecule has 14 heteroatoms. The van der Waals surface area contributed by atoms with Crippen molar-refractivity contribution in [3.05, 3.63) is 65.4 Å². The van der Waals surface area contributed by atoms with Gasteiger partial charge < -0.3 is 10.6 Å². The Hall–Kier alpha value is -3.68. The lowest BCUT2D eigenvalue weighted by Crippen LogP contribution is -2.22. The Morgan fingerprint density at radius 1 is 0.781 bits per heavy atom. The second-order valence-electron chi connectivity index (χ2n) is 6.14. The van der Waals surface area contributed by atoms with Crippen LogP contribution in [0.1, 0.15) is 21.6 Å². The van der Waals surface area contributed by atoms with Crippen LogP contribution < -0.4 is 16.0 Å². The number of amides is 3. The molecule has 0 saturated heterocycles. The molecular weight excluding hydrogens is 464 g/mol. The van der Waals surface area contributed by atoms with E-state index in [4.69, 9.17) is 0 Å². The van der Waals surface area contributed by atoms with E-state index in [1.807, 2.05) is 5.32 Å². The number of nitrogens with one attached hydrogen (secondary N) is 3. The van der Waals surface area contributed by atoms with E-state index in [2.05, 4.69) is 20.2 Å². The van der Waals surface area contributed by atoms with Crippen molar-refractivity contribution in [3.63, 3.8) is 0 Å². The van der Waals surface area contributed by atoms with E-state index < -0.39 is 46.8 Å². The first-order valence-electron chi connectivity index (χ1n) is 8.50. The fraction of sp³-hybridized carbons (Fsp3) is 0.111. The Morgan fingerprint density at radius 2 is 1.38 bits per heavy atom. The second kappa shape index (κ2) is 8.82. The average molecular weight is 475 g/mol. The van der Waals surface area contributed by atoms with Crippen molar-refractivity contribution < 1.29 is 35.9 Å². The number of hydrogen-bond donors (Lipinski definition) is 3. The van der Waals surface area contributed by atoms with Crippen LogP contribution >= 0.6 is 11.5 Å². The molecule has 3 amide bonds. The van der Waals surface area contributed by atoms with Gasteiger partial charge in [0, 0.05) is 22.9 Å². The molecule has 0 unspecified atom stereocenters. The van der Waals surface area contributed by atoms with Gasteiger partial charge in [-0.15, -0.1) is 5.10 Å². The highest BCUT2D eigenvalue weighted by molar-refractivity contribution is 7.10. The van der Waals surface area contributed by atoms with E-state index in [9.17, 15) is 35.9 Å². The zero-order valence-electron chi connectivity index (χ0n) is 15.5. The molecule has 3 N–H and O–H groups in total. The van der Waals surface area contributed by atoms with Crippen molar-refractivity contribution in [1.29, 1.82) is 0 Å². The highest BCUT2D eigenvalue weighted by atomic mass is 32.1. The van der Waals surface area contributed by atoms with Crippen LogP contribution in [0, 0.1) is 0 Å². The summed E-state index contributed by atoms with van der Waals surface area (Å²) in [6.07, 6.45) is -10.2. The predicted molar refractivity (Wildman–Crippen MR) is 103 cm³/mol. The third kappa shape index (κ3) is 5.72. The molecule has 3 rings (SSSR count). The number of para-hydroxylation sites is 1. The third-order valence-corrected chi connectivity index (χ3v) is 4.45. The molecule has 0 aliphatic heterocycles. The van der Waals surface area contributed by atoms with Gasteiger partial charge >= 0.3 is 18.4 Å². The summed E-state index contributed by atoms with van der Waals surface area (Å²) in [4.78, 5) is 24.5. The summed E-state index contributed by atoms with van der Waals surface area (Å²) < 4.78 is 81.4. The van der Waals surface area contributed by atoms with Crippen LogP contribution in [0.5, 0.6) is 0 Å². The zero-order chi connectivity index (χ0) is 23.5. The van der Waals surface area contributed by atoms with Crippen LogP contribution in [0.25, 0.3) is 0 Å². The molecule has 0 saturated carbocycles. The van der Waals surface area contributed by atoms with Crippen LogP contribution in [0.3, 0.4) is 0 Å². The van der Waals surface area contributed by atoms with Crippen molar-refractivity contribution >= 4 is 39.8 Å². The molecule has 0 fully saturated rings. The molecular formula is C18H11F6N5O2S. The van der Waals surface area contributed by atoms with Crippen molar-refractivity contribution in [2.24, 2.45) is 0 Å². The summed E-state index contributed by atoms with van der Waals surface area (Å²) in [6, 6.07) is 8.07. The van der Waals surface area contributed by atoms with Crippen molar-refractivity contribution in [3.8, 4) is 0 Å². The first-order valence-corrected chi connectivity index (χ1v) is 9.27. The molecule has 0 spiro atoms. The topological polar surface area (TPSA) is 96.0 Å². The smallest absolute Gasteiger partial charge is 0.320 e. The number of hydrogen-bond acceptors (Lipinski definition) is 5. The van der Waals surface area contributed by atoms with Gasteiger partial charge in [0.25, 0.3) is 5.91 Å².